The number of halogens is 1. The van der Waals surface area contributed by atoms with Gasteiger partial charge in [0, 0.05) is 30.0 Å². The number of ketones is 1. The zero-order valence-corrected chi connectivity index (χ0v) is 18.9. The molecule has 1 atom stereocenters. The Morgan fingerprint density at radius 2 is 1.97 bits per heavy atom. The topological polar surface area (TPSA) is 103 Å². The molecule has 2 aromatic carbocycles. The first-order valence-electron chi connectivity index (χ1n) is 10.5. The van der Waals surface area contributed by atoms with E-state index in [0.717, 1.165) is 10.6 Å². The Morgan fingerprint density at radius 3 is 2.74 bits per heavy atom. The highest BCUT2D eigenvalue weighted by atomic mass is 35.5. The third-order valence-corrected chi connectivity index (χ3v) is 6.20. The smallest absolute Gasteiger partial charge is 0.300 e. The van der Waals surface area contributed by atoms with Crippen LogP contribution in [-0.4, -0.2) is 47.1 Å². The quantitative estimate of drug-likeness (QED) is 0.335. The van der Waals surface area contributed by atoms with Gasteiger partial charge in [0.15, 0.2) is 0 Å². The monoisotopic (exact) mass is 477 g/mol. The van der Waals surface area contributed by atoms with Gasteiger partial charge in [0.2, 0.25) is 0 Å². The Hall–Kier alpha value is -4.04. The predicted molar refractivity (Wildman–Crippen MR) is 127 cm³/mol. The lowest BCUT2D eigenvalue weighted by molar-refractivity contribution is -0.132. The number of aliphatic hydroxyl groups is 1. The van der Waals surface area contributed by atoms with Crippen molar-refractivity contribution in [1.29, 1.82) is 0 Å². The number of aromatic hydroxyl groups is 1. The van der Waals surface area contributed by atoms with Crippen molar-refractivity contribution in [2.24, 2.45) is 0 Å². The number of likely N-dealkylation sites (N-methyl/N-ethyl adjacent to an activating group) is 1. The van der Waals surface area contributed by atoms with E-state index in [1.165, 1.54) is 24.4 Å². The molecule has 172 valence electrons. The highest BCUT2D eigenvalue weighted by molar-refractivity contribution is 6.52. The second-order valence-corrected chi connectivity index (χ2v) is 8.48. The molecule has 0 aliphatic carbocycles. The van der Waals surface area contributed by atoms with E-state index in [4.69, 9.17) is 16.3 Å². The number of rotatable bonds is 3. The summed E-state index contributed by atoms with van der Waals surface area (Å²) in [5.74, 6) is -1.68. The van der Waals surface area contributed by atoms with Crippen molar-refractivity contribution in [3.63, 3.8) is 0 Å². The Morgan fingerprint density at radius 1 is 1.15 bits per heavy atom. The number of benzene rings is 2. The van der Waals surface area contributed by atoms with Gasteiger partial charge in [0.1, 0.15) is 23.9 Å². The Labute approximate surface area is 200 Å². The van der Waals surface area contributed by atoms with Gasteiger partial charge in [-0.15, -0.1) is 0 Å². The number of carbonyl (C=O) groups excluding carboxylic acids is 2. The van der Waals surface area contributed by atoms with Crippen molar-refractivity contribution in [2.75, 3.05) is 30.0 Å². The molecule has 1 unspecified atom stereocenters. The highest BCUT2D eigenvalue weighted by Gasteiger charge is 2.48. The number of aromatic nitrogens is 1. The summed E-state index contributed by atoms with van der Waals surface area (Å²) in [6.07, 6.45) is 3.07. The molecule has 0 bridgehead atoms. The lowest BCUT2D eigenvalue weighted by Crippen LogP contribution is -2.29. The molecular weight excluding hydrogens is 458 g/mol. The van der Waals surface area contributed by atoms with E-state index in [0.29, 0.717) is 30.0 Å². The van der Waals surface area contributed by atoms with E-state index in [9.17, 15) is 19.8 Å². The summed E-state index contributed by atoms with van der Waals surface area (Å²) >= 11 is 6.12. The molecule has 1 aromatic heterocycles. The lowest BCUT2D eigenvalue weighted by atomic mass is 9.95. The number of phenolic OH excluding ortho intramolecular Hbond substituents is 1. The standard InChI is InChI=1S/C25H20ClN3O5/c1-28-9-10-34-20-7-4-14(11-18(20)28)23(31)21-22(15-3-2-8-27-13-15)29(25(33)24(21)32)17-12-16(26)5-6-19(17)30/h2-8,11-13,22,30-31H,9-10H2,1H3/b23-21-. The molecule has 8 nitrogen and oxygen atoms in total. The summed E-state index contributed by atoms with van der Waals surface area (Å²) in [5.41, 5.74) is 1.55. The van der Waals surface area contributed by atoms with Crippen LogP contribution in [0, 0.1) is 0 Å². The van der Waals surface area contributed by atoms with Crippen LogP contribution in [0.25, 0.3) is 5.76 Å². The number of carbonyl (C=O) groups is 2. The summed E-state index contributed by atoms with van der Waals surface area (Å²) in [6, 6.07) is 11.6. The number of fused-ring (bicyclic) bond motifs is 1. The molecule has 1 amide bonds. The first-order valence-corrected chi connectivity index (χ1v) is 10.9. The molecule has 2 N–H and O–H groups in total. The van der Waals surface area contributed by atoms with Crippen molar-refractivity contribution >= 4 is 40.4 Å². The van der Waals surface area contributed by atoms with Gasteiger partial charge in [0.25, 0.3) is 11.7 Å². The maximum absolute atomic E-state index is 13.3. The molecule has 1 fully saturated rings. The number of phenols is 1. The van der Waals surface area contributed by atoms with Crippen LogP contribution in [0.5, 0.6) is 11.5 Å². The van der Waals surface area contributed by atoms with Gasteiger partial charge in [-0.05, 0) is 48.0 Å². The second-order valence-electron chi connectivity index (χ2n) is 8.04. The molecule has 0 saturated carbocycles. The minimum atomic E-state index is -1.02. The summed E-state index contributed by atoms with van der Waals surface area (Å²) < 4.78 is 5.66. The predicted octanol–water partition coefficient (Wildman–Crippen LogP) is 3.90. The number of amides is 1. The average Bonchev–Trinajstić information content (AvgIpc) is 3.11. The maximum atomic E-state index is 13.3. The van der Waals surface area contributed by atoms with Crippen LogP contribution in [0.15, 0.2) is 66.5 Å². The van der Waals surface area contributed by atoms with Crippen molar-refractivity contribution in [3.05, 3.63) is 82.6 Å². The van der Waals surface area contributed by atoms with E-state index in [1.54, 1.807) is 36.5 Å². The number of hydrogen-bond acceptors (Lipinski definition) is 7. The molecule has 1 saturated heterocycles. The number of nitrogens with zero attached hydrogens (tertiary/aromatic N) is 3. The second kappa shape index (κ2) is 8.39. The van der Waals surface area contributed by atoms with Crippen LogP contribution < -0.4 is 14.5 Å². The summed E-state index contributed by atoms with van der Waals surface area (Å²) in [4.78, 5) is 33.7. The van der Waals surface area contributed by atoms with Gasteiger partial charge in [-0.3, -0.25) is 19.5 Å². The van der Waals surface area contributed by atoms with Crippen LogP contribution in [0.3, 0.4) is 0 Å². The molecule has 3 heterocycles. The van der Waals surface area contributed by atoms with Crippen LogP contribution >= 0.6 is 11.6 Å². The minimum Gasteiger partial charge on any atom is -0.507 e. The third kappa shape index (κ3) is 3.52. The first-order chi connectivity index (χ1) is 16.4. The van der Waals surface area contributed by atoms with Gasteiger partial charge < -0.3 is 19.8 Å². The summed E-state index contributed by atoms with van der Waals surface area (Å²) in [6.45, 7) is 1.22. The number of hydrogen-bond donors (Lipinski definition) is 2. The number of anilines is 2. The van der Waals surface area contributed by atoms with Gasteiger partial charge in [-0.2, -0.15) is 0 Å². The molecule has 0 radical (unpaired) electrons. The fraction of sp³-hybridized carbons (Fsp3) is 0.160. The molecular formula is C25H20ClN3O5. The van der Waals surface area contributed by atoms with Gasteiger partial charge in [-0.1, -0.05) is 17.7 Å². The summed E-state index contributed by atoms with van der Waals surface area (Å²) in [7, 11) is 1.90. The van der Waals surface area contributed by atoms with Crippen LogP contribution in [0.4, 0.5) is 11.4 Å². The van der Waals surface area contributed by atoms with E-state index in [1.807, 2.05) is 11.9 Å². The molecule has 2 aliphatic rings. The van der Waals surface area contributed by atoms with Gasteiger partial charge in [-0.25, -0.2) is 0 Å². The fourth-order valence-electron chi connectivity index (χ4n) is 4.28. The molecule has 2 aliphatic heterocycles. The largest absolute Gasteiger partial charge is 0.507 e. The zero-order valence-electron chi connectivity index (χ0n) is 18.1. The summed E-state index contributed by atoms with van der Waals surface area (Å²) in [5, 5.41) is 22.1. The van der Waals surface area contributed by atoms with Crippen molar-refractivity contribution in [3.8, 4) is 11.5 Å². The molecule has 9 heteroatoms. The third-order valence-electron chi connectivity index (χ3n) is 5.97. The van der Waals surface area contributed by atoms with Crippen LogP contribution in [0.1, 0.15) is 17.2 Å². The molecule has 0 spiro atoms. The number of Topliss-reactive ketones (excluding diaryl/α,β-unsaturated/α-hetero) is 1. The minimum absolute atomic E-state index is 0.0566. The Bertz CT molecular complexity index is 1340. The normalized spacial score (nSPS) is 19.2. The average molecular weight is 478 g/mol. The number of aliphatic hydroxyl groups excluding tert-OH is 1. The van der Waals surface area contributed by atoms with Gasteiger partial charge >= 0.3 is 0 Å². The van der Waals surface area contributed by atoms with Gasteiger partial charge in [0.05, 0.1) is 29.5 Å². The lowest BCUT2D eigenvalue weighted by Gasteiger charge is -2.28. The van der Waals surface area contributed by atoms with Crippen molar-refractivity contribution in [2.45, 2.75) is 6.04 Å². The SMILES string of the molecule is CN1CCOc2ccc(/C(O)=C3/C(=O)C(=O)N(c4cc(Cl)ccc4O)C3c3cccnc3)cc21. The number of pyridine rings is 1. The first kappa shape index (κ1) is 21.8. The number of ether oxygens (including phenoxy) is 1. The Kier molecular flexibility index (Phi) is 5.37. The van der Waals surface area contributed by atoms with Crippen molar-refractivity contribution in [1.82, 2.24) is 4.98 Å². The van der Waals surface area contributed by atoms with Crippen LogP contribution in [0.2, 0.25) is 5.02 Å². The van der Waals surface area contributed by atoms with E-state index in [2.05, 4.69) is 4.98 Å². The van der Waals surface area contributed by atoms with Crippen LogP contribution in [-0.2, 0) is 9.59 Å². The molecule has 5 rings (SSSR count). The maximum Gasteiger partial charge on any atom is 0.300 e. The van der Waals surface area contributed by atoms with E-state index in [-0.39, 0.29) is 27.8 Å². The van der Waals surface area contributed by atoms with Crippen molar-refractivity contribution < 1.29 is 24.5 Å². The Balaban J connectivity index is 1.72. The highest BCUT2D eigenvalue weighted by Crippen LogP contribution is 2.45. The fourth-order valence-corrected chi connectivity index (χ4v) is 4.44. The molecule has 3 aromatic rings. The zero-order chi connectivity index (χ0) is 24.0. The van der Waals surface area contributed by atoms with E-state index < -0.39 is 17.7 Å². The molecule has 34 heavy (non-hydrogen) atoms. The van der Waals surface area contributed by atoms with E-state index >= 15 is 0 Å².